The Balaban J connectivity index is 1.76. The molecule has 1 aliphatic rings. The summed E-state index contributed by atoms with van der Waals surface area (Å²) in [6, 6.07) is 7.90. The molecule has 1 fully saturated rings. The van der Waals surface area contributed by atoms with E-state index >= 15 is 0 Å². The quantitative estimate of drug-likeness (QED) is 0.934. The largest absolute Gasteiger partial charge is 0.345 e. The van der Waals surface area contributed by atoms with Crippen LogP contribution in [0.2, 0.25) is 0 Å². The number of nitrogens with one attached hydrogen (secondary N) is 1. The van der Waals surface area contributed by atoms with Crippen molar-refractivity contribution < 1.29 is 4.79 Å². The molecule has 0 unspecified atom stereocenters. The van der Waals surface area contributed by atoms with E-state index in [-0.39, 0.29) is 17.5 Å². The van der Waals surface area contributed by atoms with E-state index in [0.717, 1.165) is 22.9 Å². The second kappa shape index (κ2) is 5.05. The number of halogens is 1. The van der Waals surface area contributed by atoms with E-state index in [1.54, 1.807) is 12.5 Å². The fraction of sp³-hybridized carbons (Fsp3) is 0.333. The molecular weight excluding hydrogens is 318 g/mol. The molecule has 104 valence electrons. The third-order valence-electron chi connectivity index (χ3n) is 3.84. The molecule has 2 aromatic rings. The van der Waals surface area contributed by atoms with Crippen molar-refractivity contribution in [2.24, 2.45) is 0 Å². The van der Waals surface area contributed by atoms with Crippen molar-refractivity contribution in [1.29, 1.82) is 0 Å². The molecule has 0 radical (unpaired) electrons. The van der Waals surface area contributed by atoms with E-state index in [4.69, 9.17) is 0 Å². The van der Waals surface area contributed by atoms with Crippen LogP contribution in [0.25, 0.3) is 0 Å². The highest BCUT2D eigenvalue weighted by atomic mass is 79.9. The summed E-state index contributed by atoms with van der Waals surface area (Å²) < 4.78 is 2.85. The van der Waals surface area contributed by atoms with Crippen molar-refractivity contribution in [3.8, 4) is 0 Å². The van der Waals surface area contributed by atoms with Gasteiger partial charge in [-0.05, 0) is 37.5 Å². The average molecular weight is 334 g/mol. The van der Waals surface area contributed by atoms with Crippen LogP contribution >= 0.6 is 15.9 Å². The number of hydrogen-bond donors (Lipinski definition) is 1. The van der Waals surface area contributed by atoms with Crippen LogP contribution in [0.15, 0.2) is 47.5 Å². The molecule has 1 N–H and O–H groups in total. The molecular formula is C15H16BrN3O. The minimum absolute atomic E-state index is 0.0282. The zero-order valence-corrected chi connectivity index (χ0v) is 12.8. The van der Waals surface area contributed by atoms with Crippen molar-refractivity contribution in [1.82, 2.24) is 14.9 Å². The average Bonchev–Trinajstić information content (AvgIpc) is 3.02. The van der Waals surface area contributed by atoms with Crippen molar-refractivity contribution in [2.45, 2.75) is 31.3 Å². The highest BCUT2D eigenvalue weighted by molar-refractivity contribution is 9.10. The van der Waals surface area contributed by atoms with Crippen LogP contribution in [0, 0.1) is 0 Å². The van der Waals surface area contributed by atoms with Crippen molar-refractivity contribution >= 4 is 21.8 Å². The Kier molecular flexibility index (Phi) is 3.38. The molecule has 5 heteroatoms. The van der Waals surface area contributed by atoms with Crippen LogP contribution in [0.1, 0.15) is 31.4 Å². The maximum Gasteiger partial charge on any atom is 0.243 e. The summed E-state index contributed by atoms with van der Waals surface area (Å²) in [7, 11) is 0. The molecule has 1 heterocycles. The SMILES string of the molecule is C[C@@H](C(=O)NC1(c2cccc(Br)c2)CC1)n1ccnc1. The fourth-order valence-electron chi connectivity index (χ4n) is 2.37. The minimum Gasteiger partial charge on any atom is -0.345 e. The zero-order valence-electron chi connectivity index (χ0n) is 11.2. The van der Waals surface area contributed by atoms with Gasteiger partial charge in [0, 0.05) is 16.9 Å². The Bertz CT molecular complexity index is 620. The Morgan fingerprint density at radius 3 is 2.90 bits per heavy atom. The van der Waals surface area contributed by atoms with E-state index in [1.807, 2.05) is 29.8 Å². The second-order valence-corrected chi connectivity index (χ2v) is 6.18. The molecule has 1 aromatic carbocycles. The number of aromatic nitrogens is 2. The van der Waals surface area contributed by atoms with Gasteiger partial charge in [0.25, 0.3) is 0 Å². The summed E-state index contributed by atoms with van der Waals surface area (Å²) in [5.41, 5.74) is 0.980. The third-order valence-corrected chi connectivity index (χ3v) is 4.33. The van der Waals surface area contributed by atoms with Gasteiger partial charge in [-0.1, -0.05) is 28.1 Å². The highest BCUT2D eigenvalue weighted by Gasteiger charge is 2.46. The topological polar surface area (TPSA) is 46.9 Å². The van der Waals surface area contributed by atoms with Gasteiger partial charge in [0.2, 0.25) is 5.91 Å². The predicted molar refractivity (Wildman–Crippen MR) is 80.1 cm³/mol. The summed E-state index contributed by atoms with van der Waals surface area (Å²) in [6.07, 6.45) is 7.15. The van der Waals surface area contributed by atoms with E-state index < -0.39 is 0 Å². The normalized spacial score (nSPS) is 17.5. The summed E-state index contributed by atoms with van der Waals surface area (Å²) >= 11 is 3.48. The number of amides is 1. The van der Waals surface area contributed by atoms with Crippen molar-refractivity contribution in [3.05, 3.63) is 53.0 Å². The molecule has 20 heavy (non-hydrogen) atoms. The number of hydrogen-bond acceptors (Lipinski definition) is 2. The maximum atomic E-state index is 12.4. The van der Waals surface area contributed by atoms with Gasteiger partial charge in [-0.2, -0.15) is 0 Å². The predicted octanol–water partition coefficient (Wildman–Crippen LogP) is 3.01. The smallest absolute Gasteiger partial charge is 0.243 e. The number of nitrogens with zero attached hydrogens (tertiary/aromatic N) is 2. The lowest BCUT2D eigenvalue weighted by Gasteiger charge is -2.21. The van der Waals surface area contributed by atoms with Gasteiger partial charge in [0.1, 0.15) is 6.04 Å². The van der Waals surface area contributed by atoms with Crippen molar-refractivity contribution in [3.63, 3.8) is 0 Å². The molecule has 0 spiro atoms. The number of imidazole rings is 1. The molecule has 4 nitrogen and oxygen atoms in total. The molecule has 1 atom stereocenters. The van der Waals surface area contributed by atoms with Gasteiger partial charge in [0.05, 0.1) is 11.9 Å². The first-order valence-corrected chi connectivity index (χ1v) is 7.45. The monoisotopic (exact) mass is 333 g/mol. The molecule has 0 aliphatic heterocycles. The third kappa shape index (κ3) is 2.50. The molecule has 0 bridgehead atoms. The molecule has 0 saturated heterocycles. The van der Waals surface area contributed by atoms with E-state index in [0.29, 0.717) is 0 Å². The standard InChI is InChI=1S/C15H16BrN3O/c1-11(19-8-7-17-10-19)14(20)18-15(5-6-15)12-3-2-4-13(16)9-12/h2-4,7-11H,5-6H2,1H3,(H,18,20)/t11-/m0/s1. The Labute approximate surface area is 126 Å². The van der Waals surface area contributed by atoms with E-state index in [2.05, 4.69) is 38.4 Å². The molecule has 1 saturated carbocycles. The van der Waals surface area contributed by atoms with E-state index in [9.17, 15) is 4.79 Å². The molecule has 1 aromatic heterocycles. The van der Waals surface area contributed by atoms with Gasteiger partial charge in [0.15, 0.2) is 0 Å². The van der Waals surface area contributed by atoms with Crippen LogP contribution in [0.4, 0.5) is 0 Å². The second-order valence-electron chi connectivity index (χ2n) is 5.27. The number of carbonyl (C=O) groups excluding carboxylic acids is 1. The van der Waals surface area contributed by atoms with Crippen LogP contribution in [0.5, 0.6) is 0 Å². The van der Waals surface area contributed by atoms with Gasteiger partial charge < -0.3 is 9.88 Å². The Morgan fingerprint density at radius 2 is 2.30 bits per heavy atom. The lowest BCUT2D eigenvalue weighted by Crippen LogP contribution is -2.38. The number of carbonyl (C=O) groups is 1. The fourth-order valence-corrected chi connectivity index (χ4v) is 2.77. The van der Waals surface area contributed by atoms with E-state index in [1.165, 1.54) is 0 Å². The van der Waals surface area contributed by atoms with Gasteiger partial charge in [-0.3, -0.25) is 4.79 Å². The van der Waals surface area contributed by atoms with Crippen LogP contribution < -0.4 is 5.32 Å². The first-order valence-electron chi connectivity index (χ1n) is 6.66. The zero-order chi connectivity index (χ0) is 14.2. The maximum absolute atomic E-state index is 12.4. The van der Waals surface area contributed by atoms with Crippen molar-refractivity contribution in [2.75, 3.05) is 0 Å². The first kappa shape index (κ1) is 13.4. The number of rotatable bonds is 4. The Morgan fingerprint density at radius 1 is 1.50 bits per heavy atom. The summed E-state index contributed by atoms with van der Waals surface area (Å²) in [4.78, 5) is 16.4. The summed E-state index contributed by atoms with van der Waals surface area (Å²) in [5.74, 6) is 0.0282. The lowest BCUT2D eigenvalue weighted by atomic mass is 10.0. The van der Waals surface area contributed by atoms with Gasteiger partial charge >= 0.3 is 0 Å². The summed E-state index contributed by atoms with van der Waals surface area (Å²) in [6.45, 7) is 1.88. The van der Waals surface area contributed by atoms with Crippen LogP contribution in [0.3, 0.4) is 0 Å². The Hall–Kier alpha value is -1.62. The van der Waals surface area contributed by atoms with Gasteiger partial charge in [-0.15, -0.1) is 0 Å². The molecule has 1 aliphatic carbocycles. The molecule has 1 amide bonds. The minimum atomic E-state index is -0.248. The van der Waals surface area contributed by atoms with Gasteiger partial charge in [-0.25, -0.2) is 4.98 Å². The number of benzene rings is 1. The van der Waals surface area contributed by atoms with Crippen LogP contribution in [-0.2, 0) is 10.3 Å². The molecule has 3 rings (SSSR count). The first-order chi connectivity index (χ1) is 9.61. The lowest BCUT2D eigenvalue weighted by molar-refractivity contribution is -0.124. The van der Waals surface area contributed by atoms with Crippen LogP contribution in [-0.4, -0.2) is 15.5 Å². The highest BCUT2D eigenvalue weighted by Crippen LogP contribution is 2.46. The summed E-state index contributed by atoms with van der Waals surface area (Å²) in [5, 5.41) is 3.19.